The van der Waals surface area contributed by atoms with E-state index >= 15 is 0 Å². The first-order valence-corrected chi connectivity index (χ1v) is 7.00. The molecule has 1 aromatic carbocycles. The van der Waals surface area contributed by atoms with Crippen molar-refractivity contribution in [3.63, 3.8) is 0 Å². The Hall–Kier alpha value is -1.39. The molecule has 2 aromatic rings. The minimum absolute atomic E-state index is 0.0852. The van der Waals surface area contributed by atoms with Crippen LogP contribution in [0.4, 0.5) is 5.69 Å². The molecule has 0 fully saturated rings. The van der Waals surface area contributed by atoms with Crippen LogP contribution in [0, 0.1) is 0 Å². The fraction of sp³-hybridized carbons (Fsp3) is 0.143. The van der Waals surface area contributed by atoms with Gasteiger partial charge in [-0.25, -0.2) is 0 Å². The number of pyridine rings is 1. The lowest BCUT2D eigenvalue weighted by Crippen LogP contribution is -2.26. The molecule has 0 N–H and O–H groups in total. The number of fused-ring (bicyclic) bond motifs is 1. The van der Waals surface area contributed by atoms with Gasteiger partial charge in [0.15, 0.2) is 0 Å². The molecule has 2 heterocycles. The Morgan fingerprint density at radius 3 is 2.89 bits per heavy atom. The third-order valence-electron chi connectivity index (χ3n) is 3.09. The number of anilines is 1. The third kappa shape index (κ3) is 2.51. The van der Waals surface area contributed by atoms with Crippen LogP contribution in [0.3, 0.4) is 0 Å². The predicted octanol–water partition coefficient (Wildman–Crippen LogP) is 3.59. The van der Waals surface area contributed by atoms with Gasteiger partial charge in [-0.3, -0.25) is 9.78 Å². The highest BCUT2D eigenvalue weighted by molar-refractivity contribution is 9.10. The van der Waals surface area contributed by atoms with Gasteiger partial charge in [0.2, 0.25) is 5.91 Å². The topological polar surface area (TPSA) is 33.2 Å². The van der Waals surface area contributed by atoms with Gasteiger partial charge in [-0.1, -0.05) is 17.7 Å². The van der Waals surface area contributed by atoms with Crippen LogP contribution in [0.1, 0.15) is 11.3 Å². The Kier molecular flexibility index (Phi) is 3.29. The summed E-state index contributed by atoms with van der Waals surface area (Å²) < 4.78 is 0.924. The summed E-state index contributed by atoms with van der Waals surface area (Å²) in [5, 5.41) is 0.641. The van der Waals surface area contributed by atoms with E-state index in [1.54, 1.807) is 11.1 Å². The van der Waals surface area contributed by atoms with E-state index in [9.17, 15) is 4.79 Å². The number of halogens is 2. The van der Waals surface area contributed by atoms with Gasteiger partial charge in [-0.15, -0.1) is 0 Å². The number of benzene rings is 1. The molecule has 19 heavy (non-hydrogen) atoms. The molecule has 1 aliphatic rings. The van der Waals surface area contributed by atoms with E-state index in [2.05, 4.69) is 20.9 Å². The fourth-order valence-corrected chi connectivity index (χ4v) is 2.57. The van der Waals surface area contributed by atoms with E-state index in [4.69, 9.17) is 11.6 Å². The van der Waals surface area contributed by atoms with Crippen molar-refractivity contribution in [3.05, 3.63) is 57.3 Å². The number of carbonyl (C=O) groups excluding carboxylic acids is 1. The Bertz CT molecular complexity index is 642. The lowest BCUT2D eigenvalue weighted by Gasteiger charge is -2.17. The van der Waals surface area contributed by atoms with Crippen molar-refractivity contribution in [1.82, 2.24) is 4.98 Å². The lowest BCUT2D eigenvalue weighted by atomic mass is 10.2. The van der Waals surface area contributed by atoms with Crippen LogP contribution in [-0.4, -0.2) is 10.9 Å². The van der Waals surface area contributed by atoms with Gasteiger partial charge in [0.05, 0.1) is 18.7 Å². The first-order chi connectivity index (χ1) is 9.13. The van der Waals surface area contributed by atoms with Gasteiger partial charge in [0.1, 0.15) is 0 Å². The average molecular weight is 338 g/mol. The minimum atomic E-state index is 0.0852. The maximum absolute atomic E-state index is 12.1. The molecule has 0 bridgehead atoms. The number of aromatic nitrogens is 1. The lowest BCUT2D eigenvalue weighted by molar-refractivity contribution is -0.117. The highest BCUT2D eigenvalue weighted by atomic mass is 79.9. The van der Waals surface area contributed by atoms with Crippen molar-refractivity contribution in [2.24, 2.45) is 0 Å². The summed E-state index contributed by atoms with van der Waals surface area (Å²) in [4.78, 5) is 18.1. The van der Waals surface area contributed by atoms with E-state index in [-0.39, 0.29) is 5.91 Å². The molecule has 0 unspecified atom stereocenters. The van der Waals surface area contributed by atoms with Crippen LogP contribution < -0.4 is 4.90 Å². The van der Waals surface area contributed by atoms with Crippen molar-refractivity contribution in [2.45, 2.75) is 13.0 Å². The third-order valence-corrected chi connectivity index (χ3v) is 3.79. The number of hydrogen-bond acceptors (Lipinski definition) is 2. The largest absolute Gasteiger partial charge is 0.306 e. The van der Waals surface area contributed by atoms with Gasteiger partial charge in [-0.2, -0.15) is 0 Å². The summed E-state index contributed by atoms with van der Waals surface area (Å²) in [5.74, 6) is 0.0852. The molecule has 0 atom stereocenters. The summed E-state index contributed by atoms with van der Waals surface area (Å²) in [6.45, 7) is 0.472. The molecule has 0 spiro atoms. The summed E-state index contributed by atoms with van der Waals surface area (Å²) >= 11 is 9.35. The molecule has 1 amide bonds. The van der Waals surface area contributed by atoms with Crippen LogP contribution >= 0.6 is 27.5 Å². The van der Waals surface area contributed by atoms with Crippen LogP contribution in [0.5, 0.6) is 0 Å². The number of amides is 1. The molecule has 3 rings (SSSR count). The first kappa shape index (κ1) is 12.6. The number of rotatable bonds is 2. The number of carbonyl (C=O) groups is 1. The van der Waals surface area contributed by atoms with Gasteiger partial charge < -0.3 is 4.90 Å². The highest BCUT2D eigenvalue weighted by Crippen LogP contribution is 2.32. The SMILES string of the molecule is O=C1Cc2ccc(Cl)cc2N1Cc1ccc(Br)cn1. The molecule has 0 saturated heterocycles. The molecule has 96 valence electrons. The zero-order valence-corrected chi connectivity index (χ0v) is 12.3. The van der Waals surface area contributed by atoms with Crippen LogP contribution in [0.25, 0.3) is 0 Å². The second kappa shape index (κ2) is 4.94. The normalized spacial score (nSPS) is 13.8. The maximum atomic E-state index is 12.1. The standard InChI is InChI=1S/C14H10BrClN2O/c15-10-2-4-12(17-7-10)8-18-13-6-11(16)3-1-9(13)5-14(18)19/h1-4,6-7H,5,8H2. The van der Waals surface area contributed by atoms with E-state index in [0.717, 1.165) is 21.4 Å². The first-order valence-electron chi connectivity index (χ1n) is 5.83. The van der Waals surface area contributed by atoms with Gasteiger partial charge in [0, 0.05) is 21.4 Å². The second-order valence-electron chi connectivity index (χ2n) is 4.40. The smallest absolute Gasteiger partial charge is 0.231 e. The summed E-state index contributed by atoms with van der Waals surface area (Å²) in [7, 11) is 0. The monoisotopic (exact) mass is 336 g/mol. The van der Waals surface area contributed by atoms with Crippen molar-refractivity contribution >= 4 is 39.1 Å². The Balaban J connectivity index is 1.91. The molecule has 1 aliphatic heterocycles. The molecule has 0 aliphatic carbocycles. The van der Waals surface area contributed by atoms with E-state index in [0.29, 0.717) is 18.0 Å². The van der Waals surface area contributed by atoms with E-state index in [1.165, 1.54) is 0 Å². The van der Waals surface area contributed by atoms with Crippen molar-refractivity contribution in [3.8, 4) is 0 Å². The van der Waals surface area contributed by atoms with Crippen LogP contribution in [0.2, 0.25) is 5.02 Å². The zero-order valence-electron chi connectivity index (χ0n) is 9.94. The van der Waals surface area contributed by atoms with Crippen molar-refractivity contribution in [2.75, 3.05) is 4.90 Å². The molecule has 3 nitrogen and oxygen atoms in total. The summed E-state index contributed by atoms with van der Waals surface area (Å²) in [6, 6.07) is 9.38. The fourth-order valence-electron chi connectivity index (χ4n) is 2.17. The molecule has 1 aromatic heterocycles. The maximum Gasteiger partial charge on any atom is 0.231 e. The average Bonchev–Trinajstić information content (AvgIpc) is 2.69. The van der Waals surface area contributed by atoms with Crippen molar-refractivity contribution in [1.29, 1.82) is 0 Å². The van der Waals surface area contributed by atoms with Crippen molar-refractivity contribution < 1.29 is 4.79 Å². The molecule has 0 radical (unpaired) electrons. The van der Waals surface area contributed by atoms with Gasteiger partial charge in [0.25, 0.3) is 0 Å². The molecular weight excluding hydrogens is 328 g/mol. The highest BCUT2D eigenvalue weighted by Gasteiger charge is 2.27. The zero-order chi connectivity index (χ0) is 13.4. The number of hydrogen-bond donors (Lipinski definition) is 0. The molecule has 0 saturated carbocycles. The molecule has 5 heteroatoms. The van der Waals surface area contributed by atoms with E-state index < -0.39 is 0 Å². The quantitative estimate of drug-likeness (QED) is 0.839. The summed E-state index contributed by atoms with van der Waals surface area (Å²) in [5.41, 5.74) is 2.76. The predicted molar refractivity (Wildman–Crippen MR) is 78.3 cm³/mol. The van der Waals surface area contributed by atoms with Gasteiger partial charge >= 0.3 is 0 Å². The Morgan fingerprint density at radius 2 is 2.16 bits per heavy atom. The Morgan fingerprint density at radius 1 is 1.32 bits per heavy atom. The number of nitrogens with zero attached hydrogens (tertiary/aromatic N) is 2. The Labute approximate surface area is 124 Å². The summed E-state index contributed by atoms with van der Waals surface area (Å²) in [6.07, 6.45) is 2.16. The van der Waals surface area contributed by atoms with E-state index in [1.807, 2.05) is 30.3 Å². The minimum Gasteiger partial charge on any atom is -0.306 e. The van der Waals surface area contributed by atoms with Gasteiger partial charge in [-0.05, 0) is 45.8 Å². The van der Waals surface area contributed by atoms with Crippen LogP contribution in [-0.2, 0) is 17.8 Å². The van der Waals surface area contributed by atoms with Crippen LogP contribution in [0.15, 0.2) is 41.0 Å². The molecular formula is C14H10BrClN2O. The second-order valence-corrected chi connectivity index (χ2v) is 5.75.